The highest BCUT2D eigenvalue weighted by molar-refractivity contribution is 6.10. The standard InChI is InChI=1S/C18H15NO2/c1-2-14(19)16-13-10-6-7-11-15(13)21-18(16)17(20)12-8-4-3-5-9-12/h2-11,14H,1,19H2. The van der Waals surface area contributed by atoms with Gasteiger partial charge in [0.25, 0.3) is 0 Å². The van der Waals surface area contributed by atoms with Gasteiger partial charge in [-0.15, -0.1) is 6.58 Å². The second kappa shape index (κ2) is 5.38. The van der Waals surface area contributed by atoms with Gasteiger partial charge in [-0.3, -0.25) is 4.79 Å². The molecule has 0 spiro atoms. The third-order valence-electron chi connectivity index (χ3n) is 3.46. The van der Waals surface area contributed by atoms with Crippen LogP contribution in [0.4, 0.5) is 0 Å². The fourth-order valence-corrected chi connectivity index (χ4v) is 2.40. The number of carbonyl (C=O) groups is 1. The number of benzene rings is 2. The molecule has 1 heterocycles. The molecule has 0 fully saturated rings. The molecule has 3 rings (SSSR count). The summed E-state index contributed by atoms with van der Waals surface area (Å²) < 4.78 is 5.76. The third-order valence-corrected chi connectivity index (χ3v) is 3.46. The van der Waals surface area contributed by atoms with Gasteiger partial charge < -0.3 is 10.2 Å². The number of fused-ring (bicyclic) bond motifs is 1. The Labute approximate surface area is 122 Å². The number of para-hydroxylation sites is 1. The average Bonchev–Trinajstić information content (AvgIpc) is 2.93. The van der Waals surface area contributed by atoms with Crippen molar-refractivity contribution in [2.24, 2.45) is 5.73 Å². The van der Waals surface area contributed by atoms with Gasteiger partial charge >= 0.3 is 0 Å². The number of carbonyl (C=O) groups excluding carboxylic acids is 1. The predicted molar refractivity (Wildman–Crippen MR) is 83.2 cm³/mol. The Bertz CT molecular complexity index is 802. The van der Waals surface area contributed by atoms with Crippen LogP contribution in [-0.2, 0) is 0 Å². The number of hydrogen-bond donors (Lipinski definition) is 1. The summed E-state index contributed by atoms with van der Waals surface area (Å²) >= 11 is 0. The van der Waals surface area contributed by atoms with Crippen LogP contribution in [-0.4, -0.2) is 5.78 Å². The Morgan fingerprint density at radius 1 is 1.10 bits per heavy atom. The molecule has 3 nitrogen and oxygen atoms in total. The van der Waals surface area contributed by atoms with Crippen molar-refractivity contribution in [2.75, 3.05) is 0 Å². The molecule has 1 aromatic heterocycles. The topological polar surface area (TPSA) is 56.2 Å². The van der Waals surface area contributed by atoms with Gasteiger partial charge in [-0.25, -0.2) is 0 Å². The largest absolute Gasteiger partial charge is 0.452 e. The molecule has 0 saturated carbocycles. The van der Waals surface area contributed by atoms with E-state index in [4.69, 9.17) is 10.2 Å². The zero-order valence-electron chi connectivity index (χ0n) is 11.5. The summed E-state index contributed by atoms with van der Waals surface area (Å²) in [6.07, 6.45) is 1.61. The maximum Gasteiger partial charge on any atom is 0.228 e. The molecule has 2 N–H and O–H groups in total. The molecule has 0 saturated heterocycles. The van der Waals surface area contributed by atoms with Crippen molar-refractivity contribution in [2.45, 2.75) is 6.04 Å². The highest BCUT2D eigenvalue weighted by Crippen LogP contribution is 2.31. The van der Waals surface area contributed by atoms with Gasteiger partial charge in [0.05, 0.1) is 6.04 Å². The van der Waals surface area contributed by atoms with Crippen LogP contribution in [0.3, 0.4) is 0 Å². The first-order valence-electron chi connectivity index (χ1n) is 6.71. The van der Waals surface area contributed by atoms with E-state index < -0.39 is 6.04 Å². The van der Waals surface area contributed by atoms with Crippen LogP contribution in [0.5, 0.6) is 0 Å². The molecule has 0 bridgehead atoms. The molecule has 1 unspecified atom stereocenters. The Hall–Kier alpha value is -2.65. The van der Waals surface area contributed by atoms with Crippen molar-refractivity contribution in [3.8, 4) is 0 Å². The summed E-state index contributed by atoms with van der Waals surface area (Å²) in [5.74, 6) is 0.119. The number of furan rings is 1. The minimum atomic E-state index is -0.448. The van der Waals surface area contributed by atoms with E-state index in [1.807, 2.05) is 42.5 Å². The highest BCUT2D eigenvalue weighted by Gasteiger charge is 2.24. The summed E-state index contributed by atoms with van der Waals surface area (Å²) in [6, 6.07) is 16.1. The first-order valence-corrected chi connectivity index (χ1v) is 6.71. The molecule has 0 aliphatic carbocycles. The molecular formula is C18H15NO2. The molecule has 104 valence electrons. The van der Waals surface area contributed by atoms with Crippen LogP contribution in [0, 0.1) is 0 Å². The Morgan fingerprint density at radius 2 is 1.76 bits per heavy atom. The Morgan fingerprint density at radius 3 is 2.48 bits per heavy atom. The van der Waals surface area contributed by atoms with Gasteiger partial charge in [0.15, 0.2) is 5.76 Å². The lowest BCUT2D eigenvalue weighted by molar-refractivity contribution is 0.101. The smallest absolute Gasteiger partial charge is 0.228 e. The Kier molecular flexibility index (Phi) is 3.42. The molecule has 3 heteroatoms. The number of nitrogens with two attached hydrogens (primary N) is 1. The van der Waals surface area contributed by atoms with Crippen LogP contribution in [0.15, 0.2) is 71.7 Å². The van der Waals surface area contributed by atoms with Crippen molar-refractivity contribution >= 4 is 16.8 Å². The molecular weight excluding hydrogens is 262 g/mol. The number of hydrogen-bond acceptors (Lipinski definition) is 3. The fourth-order valence-electron chi connectivity index (χ4n) is 2.40. The monoisotopic (exact) mass is 277 g/mol. The zero-order chi connectivity index (χ0) is 14.8. The normalized spacial score (nSPS) is 12.2. The molecule has 21 heavy (non-hydrogen) atoms. The molecule has 0 aliphatic rings. The van der Waals surface area contributed by atoms with Gasteiger partial charge in [-0.1, -0.05) is 54.6 Å². The first kappa shape index (κ1) is 13.3. The van der Waals surface area contributed by atoms with E-state index in [0.717, 1.165) is 5.39 Å². The van der Waals surface area contributed by atoms with Crippen LogP contribution in [0.1, 0.15) is 27.7 Å². The molecule has 1 atom stereocenters. The van der Waals surface area contributed by atoms with Crippen molar-refractivity contribution in [1.82, 2.24) is 0 Å². The van der Waals surface area contributed by atoms with Gasteiger partial charge in [-0.2, -0.15) is 0 Å². The van der Waals surface area contributed by atoms with Crippen LogP contribution >= 0.6 is 0 Å². The van der Waals surface area contributed by atoms with Crippen LogP contribution in [0.25, 0.3) is 11.0 Å². The number of rotatable bonds is 4. The predicted octanol–water partition coefficient (Wildman–Crippen LogP) is 3.85. The van der Waals surface area contributed by atoms with E-state index in [1.54, 1.807) is 18.2 Å². The van der Waals surface area contributed by atoms with E-state index >= 15 is 0 Å². The van der Waals surface area contributed by atoms with E-state index in [-0.39, 0.29) is 11.5 Å². The maximum atomic E-state index is 12.7. The lowest BCUT2D eigenvalue weighted by Crippen LogP contribution is -2.11. The van der Waals surface area contributed by atoms with Gasteiger partial charge in [0.1, 0.15) is 5.58 Å². The van der Waals surface area contributed by atoms with Crippen LogP contribution < -0.4 is 5.73 Å². The Balaban J connectivity index is 2.22. The summed E-state index contributed by atoms with van der Waals surface area (Å²) in [6.45, 7) is 3.72. The first-order chi connectivity index (χ1) is 10.2. The van der Waals surface area contributed by atoms with E-state index in [2.05, 4.69) is 6.58 Å². The highest BCUT2D eigenvalue weighted by atomic mass is 16.3. The molecule has 3 aromatic rings. The van der Waals surface area contributed by atoms with Crippen molar-refractivity contribution in [3.05, 3.63) is 84.1 Å². The summed E-state index contributed by atoms with van der Waals surface area (Å²) in [4.78, 5) is 12.7. The van der Waals surface area contributed by atoms with E-state index in [1.165, 1.54) is 0 Å². The molecule has 0 radical (unpaired) electrons. The van der Waals surface area contributed by atoms with Crippen molar-refractivity contribution in [3.63, 3.8) is 0 Å². The zero-order valence-corrected chi connectivity index (χ0v) is 11.5. The summed E-state index contributed by atoms with van der Waals surface area (Å²) in [5.41, 5.74) is 8.01. The van der Waals surface area contributed by atoms with Gasteiger partial charge in [0.2, 0.25) is 5.78 Å². The number of ketones is 1. The van der Waals surface area contributed by atoms with E-state index in [9.17, 15) is 4.79 Å². The van der Waals surface area contributed by atoms with Crippen molar-refractivity contribution < 1.29 is 9.21 Å². The molecule has 2 aromatic carbocycles. The summed E-state index contributed by atoms with van der Waals surface area (Å²) in [7, 11) is 0. The third kappa shape index (κ3) is 2.28. The molecule has 0 amide bonds. The fraction of sp³-hybridized carbons (Fsp3) is 0.0556. The molecule has 0 aliphatic heterocycles. The van der Waals surface area contributed by atoms with Crippen LogP contribution in [0.2, 0.25) is 0 Å². The van der Waals surface area contributed by atoms with E-state index in [0.29, 0.717) is 16.7 Å². The lowest BCUT2D eigenvalue weighted by atomic mass is 9.99. The minimum absolute atomic E-state index is 0.167. The quantitative estimate of drug-likeness (QED) is 0.582. The SMILES string of the molecule is C=CC(N)c1c(C(=O)c2ccccc2)oc2ccccc12. The second-order valence-electron chi connectivity index (χ2n) is 4.80. The maximum absolute atomic E-state index is 12.7. The lowest BCUT2D eigenvalue weighted by Gasteiger charge is -2.07. The van der Waals surface area contributed by atoms with Gasteiger partial charge in [0, 0.05) is 16.5 Å². The average molecular weight is 277 g/mol. The van der Waals surface area contributed by atoms with Crippen molar-refractivity contribution in [1.29, 1.82) is 0 Å². The second-order valence-corrected chi connectivity index (χ2v) is 4.80. The summed E-state index contributed by atoms with van der Waals surface area (Å²) in [5, 5.41) is 0.851. The minimum Gasteiger partial charge on any atom is -0.452 e. The van der Waals surface area contributed by atoms with Gasteiger partial charge in [-0.05, 0) is 6.07 Å².